The molecule has 2 aromatic rings. The number of para-hydroxylation sites is 1. The maximum atomic E-state index is 13.0. The lowest BCUT2D eigenvalue weighted by Gasteiger charge is -2.36. The van der Waals surface area contributed by atoms with Gasteiger partial charge in [0.2, 0.25) is 5.91 Å². The van der Waals surface area contributed by atoms with Crippen molar-refractivity contribution in [2.75, 3.05) is 23.3 Å². The van der Waals surface area contributed by atoms with Crippen molar-refractivity contribution < 1.29 is 19.5 Å². The van der Waals surface area contributed by atoms with Gasteiger partial charge in [0.1, 0.15) is 0 Å². The third-order valence-electron chi connectivity index (χ3n) is 6.85. The number of rotatable bonds is 6. The highest BCUT2D eigenvalue weighted by Gasteiger charge is 2.34. The van der Waals surface area contributed by atoms with E-state index in [0.717, 1.165) is 22.5 Å². The van der Waals surface area contributed by atoms with Crippen LogP contribution in [0.5, 0.6) is 0 Å². The molecule has 1 heterocycles. The number of hydrogen-bond donors (Lipinski definition) is 2. The summed E-state index contributed by atoms with van der Waals surface area (Å²) in [5, 5.41) is 12.2. The zero-order chi connectivity index (χ0) is 22.7. The molecule has 1 atom stereocenters. The van der Waals surface area contributed by atoms with Crippen LogP contribution in [0.4, 0.5) is 11.4 Å². The number of aliphatic carboxylic acids is 1. The smallest absolute Gasteiger partial charge is 0.306 e. The molecule has 1 saturated carbocycles. The number of amides is 1. The molecule has 32 heavy (non-hydrogen) atoms. The van der Waals surface area contributed by atoms with E-state index in [1.807, 2.05) is 55.5 Å². The summed E-state index contributed by atoms with van der Waals surface area (Å²) < 4.78 is 0. The van der Waals surface area contributed by atoms with E-state index in [-0.39, 0.29) is 29.4 Å². The number of aryl methyl sites for hydroxylation is 1. The number of fused-ring (bicyclic) bond motifs is 1. The Labute approximate surface area is 188 Å². The van der Waals surface area contributed by atoms with Gasteiger partial charge in [-0.05, 0) is 62.8 Å². The second-order valence-corrected chi connectivity index (χ2v) is 9.03. The van der Waals surface area contributed by atoms with E-state index in [1.165, 1.54) is 0 Å². The van der Waals surface area contributed by atoms with E-state index >= 15 is 0 Å². The predicted octanol–water partition coefficient (Wildman–Crippen LogP) is 4.39. The van der Waals surface area contributed by atoms with E-state index in [2.05, 4.69) is 10.2 Å². The van der Waals surface area contributed by atoms with Crippen molar-refractivity contribution in [3.05, 3.63) is 59.7 Å². The Bertz CT molecular complexity index is 993. The zero-order valence-electron chi connectivity index (χ0n) is 18.4. The van der Waals surface area contributed by atoms with E-state index in [1.54, 1.807) is 0 Å². The fourth-order valence-corrected chi connectivity index (χ4v) is 4.91. The first-order chi connectivity index (χ1) is 15.4. The van der Waals surface area contributed by atoms with Crippen molar-refractivity contribution in [2.45, 2.75) is 44.9 Å². The van der Waals surface area contributed by atoms with Crippen molar-refractivity contribution in [1.29, 1.82) is 0 Å². The number of carbonyl (C=O) groups is 3. The molecule has 1 aliphatic heterocycles. The molecule has 2 aromatic carbocycles. The first-order valence-electron chi connectivity index (χ1n) is 11.4. The highest BCUT2D eigenvalue weighted by Crippen LogP contribution is 2.37. The largest absolute Gasteiger partial charge is 0.481 e. The van der Waals surface area contributed by atoms with Gasteiger partial charge in [-0.15, -0.1) is 0 Å². The SMILES string of the molecule is Cc1ccc(NC(=O)C2CCN(CC(=O)C3CCC(C(=O)O)CC3)c3ccccc32)cc1. The number of carboxylic acids is 1. The lowest BCUT2D eigenvalue weighted by Crippen LogP contribution is -2.40. The Morgan fingerprint density at radius 1 is 0.938 bits per heavy atom. The highest BCUT2D eigenvalue weighted by atomic mass is 16.4. The molecule has 4 rings (SSSR count). The second kappa shape index (κ2) is 9.55. The molecule has 0 radical (unpaired) electrons. The van der Waals surface area contributed by atoms with Crippen LogP contribution in [0.2, 0.25) is 0 Å². The van der Waals surface area contributed by atoms with Crippen molar-refractivity contribution >= 4 is 29.0 Å². The van der Waals surface area contributed by atoms with Gasteiger partial charge in [-0.2, -0.15) is 0 Å². The van der Waals surface area contributed by atoms with Gasteiger partial charge in [0.25, 0.3) is 0 Å². The lowest BCUT2D eigenvalue weighted by molar-refractivity contribution is -0.143. The monoisotopic (exact) mass is 434 g/mol. The number of carbonyl (C=O) groups excluding carboxylic acids is 2. The maximum Gasteiger partial charge on any atom is 0.306 e. The Morgan fingerprint density at radius 2 is 1.59 bits per heavy atom. The van der Waals surface area contributed by atoms with Crippen LogP contribution in [-0.2, 0) is 14.4 Å². The van der Waals surface area contributed by atoms with Crippen LogP contribution in [0, 0.1) is 18.8 Å². The number of nitrogens with one attached hydrogen (secondary N) is 1. The molecule has 1 unspecified atom stereocenters. The Kier molecular flexibility index (Phi) is 6.58. The number of ketones is 1. The van der Waals surface area contributed by atoms with Crippen LogP contribution in [0.15, 0.2) is 48.5 Å². The second-order valence-electron chi connectivity index (χ2n) is 9.03. The van der Waals surface area contributed by atoms with Crippen LogP contribution in [0.3, 0.4) is 0 Å². The summed E-state index contributed by atoms with van der Waals surface area (Å²) in [4.78, 5) is 39.3. The van der Waals surface area contributed by atoms with Gasteiger partial charge in [-0.3, -0.25) is 14.4 Å². The number of hydrogen-bond acceptors (Lipinski definition) is 4. The van der Waals surface area contributed by atoms with Gasteiger partial charge in [-0.1, -0.05) is 35.9 Å². The Morgan fingerprint density at radius 3 is 2.28 bits per heavy atom. The normalized spacial score (nSPS) is 22.7. The van der Waals surface area contributed by atoms with E-state index in [9.17, 15) is 19.5 Å². The van der Waals surface area contributed by atoms with Gasteiger partial charge in [0, 0.05) is 23.8 Å². The predicted molar refractivity (Wildman–Crippen MR) is 124 cm³/mol. The number of nitrogens with zero attached hydrogens (tertiary/aromatic N) is 1. The van der Waals surface area contributed by atoms with Crippen LogP contribution in [0.25, 0.3) is 0 Å². The molecule has 1 fully saturated rings. The third-order valence-corrected chi connectivity index (χ3v) is 6.85. The fraction of sp³-hybridized carbons (Fsp3) is 0.423. The van der Waals surface area contributed by atoms with E-state index in [4.69, 9.17) is 0 Å². The minimum Gasteiger partial charge on any atom is -0.481 e. The summed E-state index contributed by atoms with van der Waals surface area (Å²) in [7, 11) is 0. The first-order valence-corrected chi connectivity index (χ1v) is 11.4. The summed E-state index contributed by atoms with van der Waals surface area (Å²) >= 11 is 0. The Hall–Kier alpha value is -3.15. The van der Waals surface area contributed by atoms with Crippen molar-refractivity contribution in [3.63, 3.8) is 0 Å². The molecule has 6 nitrogen and oxygen atoms in total. The van der Waals surface area contributed by atoms with Crippen LogP contribution >= 0.6 is 0 Å². The number of Topliss-reactive ketones (excluding diaryl/α,β-unsaturated/α-hetero) is 1. The summed E-state index contributed by atoms with van der Waals surface area (Å²) in [5.41, 5.74) is 3.82. The highest BCUT2D eigenvalue weighted by molar-refractivity contribution is 5.97. The Balaban J connectivity index is 1.43. The summed E-state index contributed by atoms with van der Waals surface area (Å²) in [6, 6.07) is 15.6. The maximum absolute atomic E-state index is 13.0. The molecule has 1 amide bonds. The number of anilines is 2. The van der Waals surface area contributed by atoms with Crippen molar-refractivity contribution in [1.82, 2.24) is 0 Å². The minimum atomic E-state index is -0.754. The van der Waals surface area contributed by atoms with Crippen LogP contribution in [-0.4, -0.2) is 35.9 Å². The van der Waals surface area contributed by atoms with Gasteiger partial charge in [-0.25, -0.2) is 0 Å². The van der Waals surface area contributed by atoms with E-state index in [0.29, 0.717) is 45.2 Å². The third kappa shape index (κ3) is 4.85. The first kappa shape index (κ1) is 22.1. The van der Waals surface area contributed by atoms with Crippen molar-refractivity contribution in [2.24, 2.45) is 11.8 Å². The average Bonchev–Trinajstić information content (AvgIpc) is 2.80. The molecule has 168 valence electrons. The molecule has 2 aliphatic rings. The molecule has 0 bridgehead atoms. The minimum absolute atomic E-state index is 0.0285. The fourth-order valence-electron chi connectivity index (χ4n) is 4.91. The number of benzene rings is 2. The van der Waals surface area contributed by atoms with Gasteiger partial charge in [0.05, 0.1) is 18.4 Å². The van der Waals surface area contributed by atoms with Crippen LogP contribution in [0.1, 0.15) is 49.1 Å². The average molecular weight is 435 g/mol. The standard InChI is InChI=1S/C26H30N2O4/c1-17-6-12-20(13-7-17)27-25(30)22-14-15-28(23-5-3-2-4-21(22)23)16-24(29)18-8-10-19(11-9-18)26(31)32/h2-7,12-13,18-19,22H,8-11,14-16H2,1H3,(H,27,30)(H,31,32). The quantitative estimate of drug-likeness (QED) is 0.704. The molecular weight excluding hydrogens is 404 g/mol. The summed E-state index contributed by atoms with van der Waals surface area (Å²) in [6.45, 7) is 2.96. The topological polar surface area (TPSA) is 86.7 Å². The van der Waals surface area contributed by atoms with Gasteiger partial charge >= 0.3 is 5.97 Å². The molecule has 1 aliphatic carbocycles. The zero-order valence-corrected chi connectivity index (χ0v) is 18.4. The molecule has 0 saturated heterocycles. The van der Waals surface area contributed by atoms with Crippen LogP contribution < -0.4 is 10.2 Å². The number of carboxylic acid groups (broad SMARTS) is 1. The summed E-state index contributed by atoms with van der Waals surface area (Å²) in [5.74, 6) is -1.26. The molecular formula is C26H30N2O4. The summed E-state index contributed by atoms with van der Waals surface area (Å²) in [6.07, 6.45) is 3.08. The van der Waals surface area contributed by atoms with Gasteiger partial charge in [0.15, 0.2) is 5.78 Å². The van der Waals surface area contributed by atoms with E-state index < -0.39 is 5.97 Å². The molecule has 0 spiro atoms. The molecule has 6 heteroatoms. The van der Waals surface area contributed by atoms with Gasteiger partial charge < -0.3 is 15.3 Å². The molecule has 2 N–H and O–H groups in total. The lowest BCUT2D eigenvalue weighted by atomic mass is 9.79. The molecule has 0 aromatic heterocycles. The van der Waals surface area contributed by atoms with Crippen molar-refractivity contribution in [3.8, 4) is 0 Å².